The SMILES string of the molecule is CC(C)(C)NN=Cc1ccc([N+](=O)[O-])cc1. The predicted octanol–water partition coefficient (Wildman–Crippen LogP) is 2.32. The number of hydrazone groups is 1. The lowest BCUT2D eigenvalue weighted by molar-refractivity contribution is -0.384. The van der Waals surface area contributed by atoms with Gasteiger partial charge in [0.1, 0.15) is 0 Å². The molecule has 1 N–H and O–H groups in total. The highest BCUT2D eigenvalue weighted by Crippen LogP contribution is 2.10. The van der Waals surface area contributed by atoms with Crippen molar-refractivity contribution in [2.75, 3.05) is 0 Å². The van der Waals surface area contributed by atoms with Crippen molar-refractivity contribution in [2.45, 2.75) is 26.3 Å². The highest BCUT2D eigenvalue weighted by Gasteiger charge is 2.06. The number of nitro benzene ring substituents is 1. The van der Waals surface area contributed by atoms with Crippen molar-refractivity contribution in [1.29, 1.82) is 0 Å². The molecule has 5 heteroatoms. The third-order valence-corrected chi connectivity index (χ3v) is 1.72. The van der Waals surface area contributed by atoms with Crippen LogP contribution in [0.3, 0.4) is 0 Å². The molecule has 0 fully saturated rings. The molecule has 16 heavy (non-hydrogen) atoms. The first kappa shape index (κ1) is 12.2. The molecule has 0 heterocycles. The molecule has 0 saturated heterocycles. The third kappa shape index (κ3) is 4.08. The molecule has 0 amide bonds. The van der Waals surface area contributed by atoms with Crippen molar-refractivity contribution in [1.82, 2.24) is 5.43 Å². The summed E-state index contributed by atoms with van der Waals surface area (Å²) < 4.78 is 0. The summed E-state index contributed by atoms with van der Waals surface area (Å²) in [4.78, 5) is 10.00. The molecule has 5 nitrogen and oxygen atoms in total. The second-order valence-corrected chi connectivity index (χ2v) is 4.47. The van der Waals surface area contributed by atoms with E-state index in [-0.39, 0.29) is 11.2 Å². The molecule has 0 spiro atoms. The van der Waals surface area contributed by atoms with Crippen LogP contribution in [0.25, 0.3) is 0 Å². The highest BCUT2D eigenvalue weighted by molar-refractivity contribution is 5.79. The van der Waals surface area contributed by atoms with Crippen LogP contribution in [-0.2, 0) is 0 Å². The molecule has 1 rings (SSSR count). The Morgan fingerprint density at radius 3 is 2.31 bits per heavy atom. The lowest BCUT2D eigenvalue weighted by atomic mass is 10.1. The van der Waals surface area contributed by atoms with Crippen LogP contribution in [0.5, 0.6) is 0 Å². The normalized spacial score (nSPS) is 11.7. The van der Waals surface area contributed by atoms with E-state index >= 15 is 0 Å². The first-order valence-corrected chi connectivity index (χ1v) is 4.93. The summed E-state index contributed by atoms with van der Waals surface area (Å²) in [5.41, 5.74) is 3.76. The van der Waals surface area contributed by atoms with E-state index in [0.717, 1.165) is 5.56 Å². The second kappa shape index (κ2) is 4.74. The quantitative estimate of drug-likeness (QED) is 0.484. The number of nitrogens with zero attached hydrogens (tertiary/aromatic N) is 2. The van der Waals surface area contributed by atoms with Crippen LogP contribution < -0.4 is 5.43 Å². The molecule has 1 aromatic rings. The first-order valence-electron chi connectivity index (χ1n) is 4.93. The van der Waals surface area contributed by atoms with Crippen LogP contribution in [0.1, 0.15) is 26.3 Å². The monoisotopic (exact) mass is 221 g/mol. The van der Waals surface area contributed by atoms with E-state index in [1.165, 1.54) is 12.1 Å². The van der Waals surface area contributed by atoms with Gasteiger partial charge >= 0.3 is 0 Å². The fourth-order valence-corrected chi connectivity index (χ4v) is 0.983. The molecule has 0 aliphatic heterocycles. The average Bonchev–Trinajstić information content (AvgIpc) is 2.16. The van der Waals surface area contributed by atoms with Gasteiger partial charge in [-0.1, -0.05) is 0 Å². The fourth-order valence-electron chi connectivity index (χ4n) is 0.983. The Morgan fingerprint density at radius 1 is 1.31 bits per heavy atom. The van der Waals surface area contributed by atoms with Gasteiger partial charge in [-0.25, -0.2) is 0 Å². The predicted molar refractivity (Wildman–Crippen MR) is 63.6 cm³/mol. The molecule has 0 atom stereocenters. The van der Waals surface area contributed by atoms with Crippen molar-refractivity contribution < 1.29 is 4.92 Å². The van der Waals surface area contributed by atoms with E-state index < -0.39 is 4.92 Å². The largest absolute Gasteiger partial charge is 0.305 e. The smallest absolute Gasteiger partial charge is 0.269 e. The van der Waals surface area contributed by atoms with E-state index in [1.807, 2.05) is 20.8 Å². The van der Waals surface area contributed by atoms with Crippen LogP contribution in [0.15, 0.2) is 29.4 Å². The molecular weight excluding hydrogens is 206 g/mol. The van der Waals surface area contributed by atoms with Gasteiger partial charge in [0.25, 0.3) is 5.69 Å². The van der Waals surface area contributed by atoms with E-state index in [1.54, 1.807) is 18.3 Å². The summed E-state index contributed by atoms with van der Waals surface area (Å²) in [7, 11) is 0. The number of hydrogen-bond donors (Lipinski definition) is 1. The average molecular weight is 221 g/mol. The minimum Gasteiger partial charge on any atom is -0.305 e. The lowest BCUT2D eigenvalue weighted by Gasteiger charge is -2.16. The van der Waals surface area contributed by atoms with Crippen LogP contribution in [0.2, 0.25) is 0 Å². The maximum absolute atomic E-state index is 10.4. The molecule has 0 saturated carbocycles. The minimum atomic E-state index is -0.422. The Morgan fingerprint density at radius 2 is 1.88 bits per heavy atom. The van der Waals surface area contributed by atoms with Crippen LogP contribution in [-0.4, -0.2) is 16.7 Å². The lowest BCUT2D eigenvalue weighted by Crippen LogP contribution is -2.31. The van der Waals surface area contributed by atoms with E-state index in [2.05, 4.69) is 10.5 Å². The molecular formula is C11H15N3O2. The Bertz CT molecular complexity index is 391. The van der Waals surface area contributed by atoms with Gasteiger partial charge in [0.2, 0.25) is 0 Å². The van der Waals surface area contributed by atoms with Crippen molar-refractivity contribution >= 4 is 11.9 Å². The van der Waals surface area contributed by atoms with Crippen molar-refractivity contribution in [2.24, 2.45) is 5.10 Å². The number of benzene rings is 1. The van der Waals surface area contributed by atoms with E-state index in [4.69, 9.17) is 0 Å². The number of nitrogens with one attached hydrogen (secondary N) is 1. The highest BCUT2D eigenvalue weighted by atomic mass is 16.6. The molecule has 1 aromatic carbocycles. The van der Waals surface area contributed by atoms with Gasteiger partial charge in [0.15, 0.2) is 0 Å². The topological polar surface area (TPSA) is 67.5 Å². The zero-order valence-electron chi connectivity index (χ0n) is 9.60. The van der Waals surface area contributed by atoms with Crippen molar-refractivity contribution in [3.63, 3.8) is 0 Å². The van der Waals surface area contributed by atoms with Crippen LogP contribution in [0.4, 0.5) is 5.69 Å². The Labute approximate surface area is 94.3 Å². The van der Waals surface area contributed by atoms with Crippen LogP contribution >= 0.6 is 0 Å². The van der Waals surface area contributed by atoms with Gasteiger partial charge in [-0.3, -0.25) is 10.1 Å². The minimum absolute atomic E-state index is 0.0842. The Kier molecular flexibility index (Phi) is 3.60. The number of hydrogen-bond acceptors (Lipinski definition) is 4. The Balaban J connectivity index is 2.65. The van der Waals surface area contributed by atoms with Gasteiger partial charge < -0.3 is 5.43 Å². The molecule has 0 bridgehead atoms. The van der Waals surface area contributed by atoms with Gasteiger partial charge in [0.05, 0.1) is 11.1 Å². The van der Waals surface area contributed by atoms with Crippen molar-refractivity contribution in [3.05, 3.63) is 39.9 Å². The zero-order chi connectivity index (χ0) is 12.2. The summed E-state index contributed by atoms with van der Waals surface area (Å²) >= 11 is 0. The fraction of sp³-hybridized carbons (Fsp3) is 0.364. The number of rotatable bonds is 3. The number of nitro groups is 1. The summed E-state index contributed by atoms with van der Waals surface area (Å²) in [6.07, 6.45) is 1.63. The molecule has 0 unspecified atom stereocenters. The van der Waals surface area contributed by atoms with Gasteiger partial charge in [-0.15, -0.1) is 0 Å². The first-order chi connectivity index (χ1) is 7.38. The van der Waals surface area contributed by atoms with E-state index in [9.17, 15) is 10.1 Å². The van der Waals surface area contributed by atoms with Gasteiger partial charge in [-0.2, -0.15) is 5.10 Å². The zero-order valence-corrected chi connectivity index (χ0v) is 9.60. The maximum Gasteiger partial charge on any atom is 0.269 e. The summed E-state index contributed by atoms with van der Waals surface area (Å²) in [6, 6.07) is 6.23. The third-order valence-electron chi connectivity index (χ3n) is 1.72. The molecule has 0 radical (unpaired) electrons. The standard InChI is InChI=1S/C11H15N3O2/c1-11(2,3)13-12-8-9-4-6-10(7-5-9)14(15)16/h4-8,13H,1-3H3. The second-order valence-electron chi connectivity index (χ2n) is 4.47. The van der Waals surface area contributed by atoms with Crippen LogP contribution in [0, 0.1) is 10.1 Å². The number of non-ortho nitro benzene ring substituents is 1. The molecule has 0 aliphatic carbocycles. The van der Waals surface area contributed by atoms with E-state index in [0.29, 0.717) is 0 Å². The maximum atomic E-state index is 10.4. The summed E-state index contributed by atoms with van der Waals surface area (Å²) in [6.45, 7) is 6.00. The molecule has 0 aliphatic rings. The summed E-state index contributed by atoms with van der Waals surface area (Å²) in [5, 5.41) is 14.5. The van der Waals surface area contributed by atoms with Gasteiger partial charge in [-0.05, 0) is 38.5 Å². The molecule has 86 valence electrons. The molecule has 0 aromatic heterocycles. The summed E-state index contributed by atoms with van der Waals surface area (Å²) in [5.74, 6) is 0. The Hall–Kier alpha value is -1.91. The van der Waals surface area contributed by atoms with Crippen molar-refractivity contribution in [3.8, 4) is 0 Å². The van der Waals surface area contributed by atoms with Gasteiger partial charge in [0, 0.05) is 17.7 Å².